The second-order valence-electron chi connectivity index (χ2n) is 6.42. The molecule has 0 atom stereocenters. The van der Waals surface area contributed by atoms with Gasteiger partial charge in [0.2, 0.25) is 0 Å². The Kier molecular flexibility index (Phi) is 2.02. The Hall–Kier alpha value is 0. The molecule has 0 heteroatoms. The highest BCUT2D eigenvalue weighted by Gasteiger charge is 2.47. The monoisotopic (exact) mass is 178 g/mol. The maximum atomic E-state index is 2.48. The lowest BCUT2D eigenvalue weighted by atomic mass is 9.52. The summed E-state index contributed by atoms with van der Waals surface area (Å²) in [5, 5.41) is 0. The fourth-order valence-electron chi connectivity index (χ4n) is 4.44. The maximum absolute atomic E-state index is 2.48. The van der Waals surface area contributed by atoms with Gasteiger partial charge in [0, 0.05) is 0 Å². The van der Waals surface area contributed by atoms with Crippen LogP contribution in [0.25, 0.3) is 0 Å². The molecule has 0 spiro atoms. The van der Waals surface area contributed by atoms with Crippen LogP contribution in [0.15, 0.2) is 0 Å². The third-order valence-corrected chi connectivity index (χ3v) is 3.77. The third-order valence-electron chi connectivity index (χ3n) is 3.77. The van der Waals surface area contributed by atoms with E-state index in [4.69, 9.17) is 0 Å². The molecule has 0 aromatic rings. The standard InChI is InChI=1S/C13H22/c1-10-5-12(3)7-11(2)8-13(4,6-10)9-12/h5-9H2,1-4H3. The van der Waals surface area contributed by atoms with Gasteiger partial charge in [-0.25, -0.2) is 0 Å². The van der Waals surface area contributed by atoms with Gasteiger partial charge in [0.25, 0.3) is 0 Å². The summed E-state index contributed by atoms with van der Waals surface area (Å²) >= 11 is 0. The van der Waals surface area contributed by atoms with E-state index < -0.39 is 0 Å². The minimum Gasteiger partial charge on any atom is -0.0596 e. The quantitative estimate of drug-likeness (QED) is 0.522. The average Bonchev–Trinajstić information content (AvgIpc) is 1.75. The molecule has 2 aliphatic carbocycles. The van der Waals surface area contributed by atoms with Gasteiger partial charge in [0.15, 0.2) is 0 Å². The summed E-state index contributed by atoms with van der Waals surface area (Å²) in [6.45, 7) is 9.68. The van der Waals surface area contributed by atoms with Crippen LogP contribution in [0.1, 0.15) is 59.8 Å². The van der Waals surface area contributed by atoms with E-state index in [1.54, 1.807) is 11.8 Å². The van der Waals surface area contributed by atoms with Gasteiger partial charge in [-0.15, -0.1) is 0 Å². The van der Waals surface area contributed by atoms with Crippen molar-refractivity contribution < 1.29 is 0 Å². The second-order valence-corrected chi connectivity index (χ2v) is 6.42. The molecule has 0 N–H and O–H groups in total. The summed E-state index contributed by atoms with van der Waals surface area (Å²) in [6, 6.07) is 0. The van der Waals surface area contributed by atoms with E-state index in [0.29, 0.717) is 10.8 Å². The predicted octanol–water partition coefficient (Wildman–Crippen LogP) is 4.17. The van der Waals surface area contributed by atoms with Crippen LogP contribution in [0.5, 0.6) is 0 Å². The van der Waals surface area contributed by atoms with E-state index in [1.165, 1.54) is 32.1 Å². The molecular weight excluding hydrogens is 156 g/mol. The Labute approximate surface area is 83.1 Å². The molecule has 2 aliphatic rings. The van der Waals surface area contributed by atoms with Crippen molar-refractivity contribution in [2.24, 2.45) is 10.8 Å². The average molecular weight is 178 g/mol. The molecule has 2 fully saturated rings. The molecule has 0 aliphatic heterocycles. The van der Waals surface area contributed by atoms with Crippen LogP contribution in [-0.4, -0.2) is 0 Å². The van der Waals surface area contributed by atoms with Crippen LogP contribution in [0.2, 0.25) is 0 Å². The molecule has 74 valence electrons. The fourth-order valence-corrected chi connectivity index (χ4v) is 4.44. The Morgan fingerprint density at radius 1 is 0.769 bits per heavy atom. The highest BCUT2D eigenvalue weighted by Crippen LogP contribution is 2.59. The van der Waals surface area contributed by atoms with E-state index in [9.17, 15) is 0 Å². The van der Waals surface area contributed by atoms with Gasteiger partial charge in [0.05, 0.1) is 0 Å². The minimum atomic E-state index is 0.611. The molecular formula is C13H22. The molecule has 0 unspecified atom stereocenters. The molecule has 0 aromatic carbocycles. The van der Waals surface area contributed by atoms with Crippen LogP contribution in [0, 0.1) is 22.7 Å². The minimum absolute atomic E-state index is 0.611. The van der Waals surface area contributed by atoms with Gasteiger partial charge in [-0.1, -0.05) is 27.7 Å². The summed E-state index contributed by atoms with van der Waals surface area (Å²) < 4.78 is 0. The van der Waals surface area contributed by atoms with Gasteiger partial charge in [-0.3, -0.25) is 0 Å². The lowest BCUT2D eigenvalue weighted by Gasteiger charge is -2.53. The molecule has 0 amide bonds. The molecule has 2 rings (SSSR count). The third kappa shape index (κ3) is 1.78. The highest BCUT2D eigenvalue weighted by molar-refractivity contribution is 5.13. The van der Waals surface area contributed by atoms with Gasteiger partial charge < -0.3 is 0 Å². The van der Waals surface area contributed by atoms with E-state index in [-0.39, 0.29) is 0 Å². The van der Waals surface area contributed by atoms with Crippen molar-refractivity contribution in [1.29, 1.82) is 0 Å². The largest absolute Gasteiger partial charge is 0.0596 e. The molecule has 2 saturated carbocycles. The van der Waals surface area contributed by atoms with Crippen molar-refractivity contribution in [3.8, 4) is 0 Å². The first kappa shape index (κ1) is 9.55. The van der Waals surface area contributed by atoms with Crippen LogP contribution >= 0.6 is 0 Å². The number of hydrogen-bond donors (Lipinski definition) is 0. The lowest BCUT2D eigenvalue weighted by Crippen LogP contribution is -2.41. The second kappa shape index (κ2) is 2.74. The molecule has 2 bridgehead atoms. The summed E-state index contributed by atoms with van der Waals surface area (Å²) in [5.74, 6) is 3.48. The lowest BCUT2D eigenvalue weighted by molar-refractivity contribution is 0.0550. The zero-order valence-corrected chi connectivity index (χ0v) is 9.54. The van der Waals surface area contributed by atoms with Gasteiger partial charge in [-0.2, -0.15) is 0 Å². The van der Waals surface area contributed by atoms with E-state index in [2.05, 4.69) is 27.7 Å². The zero-order chi connectivity index (χ0) is 9.69. The van der Waals surface area contributed by atoms with Gasteiger partial charge in [0.1, 0.15) is 0 Å². The number of rotatable bonds is 0. The maximum Gasteiger partial charge on any atom is -0.0261 e. The Bertz CT molecular complexity index is 170. The first-order chi connectivity index (χ1) is 5.91. The van der Waals surface area contributed by atoms with Crippen LogP contribution in [0.4, 0.5) is 0 Å². The number of fused-ring (bicyclic) bond motifs is 2. The normalized spacial score (nSPS) is 48.0. The summed E-state index contributed by atoms with van der Waals surface area (Å²) in [5.41, 5.74) is 1.22. The Morgan fingerprint density at radius 2 is 1.08 bits per heavy atom. The molecule has 0 heterocycles. The number of hydrogen-bond acceptors (Lipinski definition) is 0. The Morgan fingerprint density at radius 3 is 1.38 bits per heavy atom. The SMILES string of the molecule is C[C]1CC2(C)C[C](C)CC(C)(C1)C2. The molecule has 0 aromatic heterocycles. The van der Waals surface area contributed by atoms with Crippen molar-refractivity contribution in [2.45, 2.75) is 59.8 Å². The first-order valence-electron chi connectivity index (χ1n) is 5.54. The topological polar surface area (TPSA) is 0 Å². The first-order valence-corrected chi connectivity index (χ1v) is 5.54. The van der Waals surface area contributed by atoms with Gasteiger partial charge >= 0.3 is 0 Å². The predicted molar refractivity (Wildman–Crippen MR) is 57.1 cm³/mol. The summed E-state index contributed by atoms with van der Waals surface area (Å²) in [6.07, 6.45) is 6.95. The molecule has 2 radical (unpaired) electrons. The van der Waals surface area contributed by atoms with Crippen molar-refractivity contribution in [1.82, 2.24) is 0 Å². The summed E-state index contributed by atoms with van der Waals surface area (Å²) in [4.78, 5) is 0. The fraction of sp³-hybridized carbons (Fsp3) is 0.846. The summed E-state index contributed by atoms with van der Waals surface area (Å²) in [7, 11) is 0. The van der Waals surface area contributed by atoms with Crippen LogP contribution < -0.4 is 0 Å². The van der Waals surface area contributed by atoms with Crippen LogP contribution in [0.3, 0.4) is 0 Å². The zero-order valence-electron chi connectivity index (χ0n) is 9.54. The highest BCUT2D eigenvalue weighted by atomic mass is 14.5. The van der Waals surface area contributed by atoms with Crippen molar-refractivity contribution >= 4 is 0 Å². The molecule has 0 saturated heterocycles. The molecule has 0 nitrogen and oxygen atoms in total. The molecule has 13 heavy (non-hydrogen) atoms. The van der Waals surface area contributed by atoms with Crippen LogP contribution in [-0.2, 0) is 0 Å². The smallest absolute Gasteiger partial charge is 0.0261 e. The van der Waals surface area contributed by atoms with E-state index >= 15 is 0 Å². The Balaban J connectivity index is 2.22. The van der Waals surface area contributed by atoms with Crippen molar-refractivity contribution in [3.63, 3.8) is 0 Å². The van der Waals surface area contributed by atoms with Crippen molar-refractivity contribution in [2.75, 3.05) is 0 Å². The van der Waals surface area contributed by atoms with E-state index in [0.717, 1.165) is 0 Å². The van der Waals surface area contributed by atoms with Crippen molar-refractivity contribution in [3.05, 3.63) is 11.8 Å². The van der Waals surface area contributed by atoms with E-state index in [1.807, 2.05) is 0 Å². The van der Waals surface area contributed by atoms with Gasteiger partial charge in [-0.05, 0) is 54.8 Å².